The number of nitrogens with zero attached hydrogens (tertiary/aromatic N) is 2. The molecule has 31 heavy (non-hydrogen) atoms. The van der Waals surface area contributed by atoms with E-state index in [2.05, 4.69) is 19.9 Å². The molecular weight excluding hydrogens is 429 g/mol. The highest BCUT2D eigenvalue weighted by molar-refractivity contribution is 6.31. The van der Waals surface area contributed by atoms with Crippen molar-refractivity contribution in [3.8, 4) is 6.07 Å². The molecule has 0 aromatic heterocycles. The molecule has 0 bridgehead atoms. The zero-order valence-electron chi connectivity index (χ0n) is 17.7. The SMILES string of the molecule is Cc1c(Cl)cccc1N1C(N)=C(C#N)[C@H](c2ccc(Cl)cc2)C2=C1CC(C)(C)CC2=O. The summed E-state index contributed by atoms with van der Waals surface area (Å²) in [6, 6.07) is 15.1. The quantitative estimate of drug-likeness (QED) is 0.585. The number of nitrogens with two attached hydrogens (primary N) is 1. The van der Waals surface area contributed by atoms with Gasteiger partial charge in [-0.05, 0) is 54.2 Å². The maximum atomic E-state index is 13.5. The summed E-state index contributed by atoms with van der Waals surface area (Å²) in [6.07, 6.45) is 1.07. The first-order chi connectivity index (χ1) is 14.6. The number of ketones is 1. The monoisotopic (exact) mass is 451 g/mol. The molecule has 4 rings (SSSR count). The Morgan fingerprint density at radius 2 is 1.81 bits per heavy atom. The van der Waals surface area contributed by atoms with E-state index in [0.29, 0.717) is 39.9 Å². The van der Waals surface area contributed by atoms with E-state index in [4.69, 9.17) is 28.9 Å². The minimum absolute atomic E-state index is 0.0381. The molecule has 0 unspecified atom stereocenters. The van der Waals surface area contributed by atoms with E-state index in [0.717, 1.165) is 22.5 Å². The lowest BCUT2D eigenvalue weighted by atomic mass is 9.68. The van der Waals surface area contributed by atoms with Crippen molar-refractivity contribution in [2.45, 2.75) is 39.5 Å². The van der Waals surface area contributed by atoms with Gasteiger partial charge in [-0.1, -0.05) is 55.2 Å². The highest BCUT2D eigenvalue weighted by atomic mass is 35.5. The summed E-state index contributed by atoms with van der Waals surface area (Å²) >= 11 is 12.5. The topological polar surface area (TPSA) is 70.1 Å². The highest BCUT2D eigenvalue weighted by Crippen LogP contribution is 2.50. The maximum absolute atomic E-state index is 13.5. The van der Waals surface area contributed by atoms with Crippen LogP contribution in [-0.2, 0) is 4.79 Å². The zero-order chi connectivity index (χ0) is 22.5. The second kappa shape index (κ2) is 7.75. The van der Waals surface area contributed by atoms with Gasteiger partial charge in [0, 0.05) is 27.7 Å². The number of nitriles is 1. The molecule has 0 saturated carbocycles. The van der Waals surface area contributed by atoms with Crippen LogP contribution in [0.3, 0.4) is 0 Å². The van der Waals surface area contributed by atoms with E-state index in [1.54, 1.807) is 12.1 Å². The number of Topliss-reactive ketones (excluding diaryl/α,β-unsaturated/α-hetero) is 1. The predicted molar refractivity (Wildman–Crippen MR) is 125 cm³/mol. The molecule has 0 fully saturated rings. The number of allylic oxidation sites excluding steroid dienone is 3. The van der Waals surface area contributed by atoms with E-state index in [1.807, 2.05) is 42.2 Å². The molecule has 0 saturated heterocycles. The first-order valence-electron chi connectivity index (χ1n) is 10.1. The highest BCUT2D eigenvalue weighted by Gasteiger charge is 2.44. The van der Waals surface area contributed by atoms with Crippen molar-refractivity contribution in [2.75, 3.05) is 4.90 Å². The molecule has 4 nitrogen and oxygen atoms in total. The fourth-order valence-corrected chi connectivity index (χ4v) is 4.91. The maximum Gasteiger partial charge on any atom is 0.162 e. The minimum Gasteiger partial charge on any atom is -0.384 e. The van der Waals surface area contributed by atoms with E-state index >= 15 is 0 Å². The van der Waals surface area contributed by atoms with Gasteiger partial charge in [-0.15, -0.1) is 0 Å². The van der Waals surface area contributed by atoms with Crippen LogP contribution in [-0.4, -0.2) is 5.78 Å². The molecule has 2 N–H and O–H groups in total. The number of carbonyl (C=O) groups excluding carboxylic acids is 1. The van der Waals surface area contributed by atoms with Crippen molar-refractivity contribution in [1.29, 1.82) is 5.26 Å². The van der Waals surface area contributed by atoms with Crippen molar-refractivity contribution < 1.29 is 4.79 Å². The molecule has 6 heteroatoms. The van der Waals surface area contributed by atoms with Gasteiger partial charge in [0.15, 0.2) is 5.78 Å². The number of hydrogen-bond donors (Lipinski definition) is 1. The van der Waals surface area contributed by atoms with Gasteiger partial charge in [0.25, 0.3) is 0 Å². The first kappa shape index (κ1) is 21.5. The largest absolute Gasteiger partial charge is 0.384 e. The number of anilines is 1. The third-order valence-corrected chi connectivity index (χ3v) is 6.73. The van der Waals surface area contributed by atoms with Crippen LogP contribution in [0.4, 0.5) is 5.69 Å². The number of hydrogen-bond acceptors (Lipinski definition) is 4. The van der Waals surface area contributed by atoms with Gasteiger partial charge in [-0.2, -0.15) is 5.26 Å². The Balaban J connectivity index is 2.03. The molecule has 1 atom stereocenters. The second-order valence-corrected chi connectivity index (χ2v) is 9.76. The van der Waals surface area contributed by atoms with E-state index in [1.165, 1.54) is 0 Å². The predicted octanol–water partition coefficient (Wildman–Crippen LogP) is 6.24. The first-order valence-corrected chi connectivity index (χ1v) is 10.9. The molecule has 0 radical (unpaired) electrons. The van der Waals surface area contributed by atoms with Crippen LogP contribution < -0.4 is 10.6 Å². The number of rotatable bonds is 2. The van der Waals surface area contributed by atoms with Crippen molar-refractivity contribution in [3.63, 3.8) is 0 Å². The van der Waals surface area contributed by atoms with Gasteiger partial charge in [-0.3, -0.25) is 9.69 Å². The standard InChI is InChI=1S/C25H23Cl2N3O/c1-14-18(27)5-4-6-19(14)30-20-11-25(2,3)12-21(31)23(20)22(17(13-28)24(30)29)15-7-9-16(26)10-8-15/h4-10,22H,11-12,29H2,1-3H3/t22-/m0/s1. The summed E-state index contributed by atoms with van der Waals surface area (Å²) in [5.41, 5.74) is 10.7. The summed E-state index contributed by atoms with van der Waals surface area (Å²) in [5.74, 6) is -0.148. The zero-order valence-corrected chi connectivity index (χ0v) is 19.2. The number of benzene rings is 2. The Kier molecular flexibility index (Phi) is 5.37. The molecule has 1 aliphatic carbocycles. The fourth-order valence-electron chi connectivity index (χ4n) is 4.61. The van der Waals surface area contributed by atoms with E-state index < -0.39 is 5.92 Å². The average Bonchev–Trinajstić information content (AvgIpc) is 2.70. The lowest BCUT2D eigenvalue weighted by Crippen LogP contribution is -2.42. The minimum atomic E-state index is -0.517. The lowest BCUT2D eigenvalue weighted by molar-refractivity contribution is -0.118. The molecule has 0 spiro atoms. The third kappa shape index (κ3) is 3.63. The van der Waals surface area contributed by atoms with Crippen LogP contribution in [0.25, 0.3) is 0 Å². The summed E-state index contributed by atoms with van der Waals surface area (Å²) in [5, 5.41) is 11.3. The Hall–Kier alpha value is -2.74. The molecular formula is C25H23Cl2N3O. The van der Waals surface area contributed by atoms with Gasteiger partial charge in [-0.25, -0.2) is 0 Å². The van der Waals surface area contributed by atoms with Crippen LogP contribution in [0, 0.1) is 23.7 Å². The number of halogens is 2. The summed E-state index contributed by atoms with van der Waals surface area (Å²) < 4.78 is 0. The van der Waals surface area contributed by atoms with Crippen LogP contribution in [0.1, 0.15) is 43.7 Å². The Labute approximate surface area is 192 Å². The fraction of sp³-hybridized carbons (Fsp3) is 0.280. The lowest BCUT2D eigenvalue weighted by Gasteiger charge is -2.44. The molecule has 2 aliphatic rings. The van der Waals surface area contributed by atoms with Crippen molar-refractivity contribution in [3.05, 3.63) is 86.3 Å². The smallest absolute Gasteiger partial charge is 0.162 e. The molecule has 1 aliphatic heterocycles. The van der Waals surface area contributed by atoms with E-state index in [9.17, 15) is 10.1 Å². The van der Waals surface area contributed by atoms with Crippen molar-refractivity contribution in [2.24, 2.45) is 11.1 Å². The Morgan fingerprint density at radius 1 is 1.13 bits per heavy atom. The Morgan fingerprint density at radius 3 is 2.45 bits per heavy atom. The normalized spacial score (nSPS) is 20.6. The average molecular weight is 452 g/mol. The van der Waals surface area contributed by atoms with Crippen molar-refractivity contribution >= 4 is 34.7 Å². The van der Waals surface area contributed by atoms with Crippen LogP contribution in [0.2, 0.25) is 10.0 Å². The summed E-state index contributed by atoms with van der Waals surface area (Å²) in [4.78, 5) is 15.3. The summed E-state index contributed by atoms with van der Waals surface area (Å²) in [6.45, 7) is 6.07. The van der Waals surface area contributed by atoms with Crippen molar-refractivity contribution in [1.82, 2.24) is 0 Å². The van der Waals surface area contributed by atoms with Gasteiger partial charge >= 0.3 is 0 Å². The van der Waals surface area contributed by atoms with Gasteiger partial charge in [0.2, 0.25) is 0 Å². The van der Waals surface area contributed by atoms with E-state index in [-0.39, 0.29) is 11.2 Å². The molecule has 2 aromatic rings. The van der Waals surface area contributed by atoms with Gasteiger partial charge < -0.3 is 5.73 Å². The molecule has 0 amide bonds. The van der Waals surface area contributed by atoms with Gasteiger partial charge in [0.05, 0.1) is 23.2 Å². The second-order valence-electron chi connectivity index (χ2n) is 8.92. The molecule has 2 aromatic carbocycles. The van der Waals surface area contributed by atoms with Crippen LogP contribution in [0.5, 0.6) is 0 Å². The molecule has 1 heterocycles. The molecule has 158 valence electrons. The van der Waals surface area contributed by atoms with Crippen LogP contribution in [0.15, 0.2) is 65.1 Å². The number of carbonyl (C=O) groups is 1. The summed E-state index contributed by atoms with van der Waals surface area (Å²) in [7, 11) is 0. The van der Waals surface area contributed by atoms with Gasteiger partial charge in [0.1, 0.15) is 5.82 Å². The van der Waals surface area contributed by atoms with Crippen LogP contribution >= 0.6 is 23.2 Å². The third-order valence-electron chi connectivity index (χ3n) is 6.06. The Bertz CT molecular complexity index is 1190.